The molecule has 0 saturated carbocycles. The number of likely N-dealkylation sites (N-methyl/N-ethyl adjacent to an activating group) is 1. The largest absolute Gasteiger partial charge is 0.464 e. The van der Waals surface area contributed by atoms with Crippen LogP contribution in [0.15, 0.2) is 24.3 Å². The molecule has 2 N–H and O–H groups in total. The second-order valence-corrected chi connectivity index (χ2v) is 4.68. The Balaban J connectivity index is 2.29. The Kier molecular flexibility index (Phi) is 3.74. The van der Waals surface area contributed by atoms with Crippen LogP contribution in [0.25, 0.3) is 0 Å². The van der Waals surface area contributed by atoms with E-state index in [1.807, 2.05) is 12.1 Å². The molecule has 2 atom stereocenters. The van der Waals surface area contributed by atoms with Gasteiger partial charge in [0.25, 0.3) is 0 Å². The zero-order chi connectivity index (χ0) is 14.0. The van der Waals surface area contributed by atoms with Crippen LogP contribution in [-0.2, 0) is 14.3 Å². The number of carbonyl (C=O) groups is 2. The zero-order valence-electron chi connectivity index (χ0n) is 11.1. The number of nitrogen functional groups attached to an aromatic ring is 1. The number of rotatable bonds is 3. The Morgan fingerprint density at radius 1 is 1.42 bits per heavy atom. The average molecular weight is 262 g/mol. The number of nitrogens with two attached hydrogens (primary N) is 1. The molecule has 1 saturated heterocycles. The maximum atomic E-state index is 12.0. The van der Waals surface area contributed by atoms with Gasteiger partial charge in [0.2, 0.25) is 5.91 Å². The summed E-state index contributed by atoms with van der Waals surface area (Å²) in [5.41, 5.74) is 7.25. The number of ether oxygens (including phenoxy) is 1. The molecule has 1 aromatic rings. The summed E-state index contributed by atoms with van der Waals surface area (Å²) in [5, 5.41) is 0. The average Bonchev–Trinajstić information content (AvgIpc) is 2.67. The van der Waals surface area contributed by atoms with Crippen molar-refractivity contribution in [2.45, 2.75) is 25.3 Å². The van der Waals surface area contributed by atoms with Crippen LogP contribution < -0.4 is 5.73 Å². The maximum absolute atomic E-state index is 12.0. The van der Waals surface area contributed by atoms with Crippen LogP contribution in [-0.4, -0.2) is 36.5 Å². The van der Waals surface area contributed by atoms with Gasteiger partial charge in [0, 0.05) is 25.1 Å². The highest BCUT2D eigenvalue weighted by atomic mass is 16.5. The monoisotopic (exact) mass is 262 g/mol. The Morgan fingerprint density at radius 2 is 2.05 bits per heavy atom. The topological polar surface area (TPSA) is 72.6 Å². The van der Waals surface area contributed by atoms with Gasteiger partial charge in [-0.15, -0.1) is 0 Å². The van der Waals surface area contributed by atoms with E-state index in [2.05, 4.69) is 0 Å². The molecule has 1 amide bonds. The lowest BCUT2D eigenvalue weighted by atomic mass is 9.91. The second kappa shape index (κ2) is 5.30. The van der Waals surface area contributed by atoms with Gasteiger partial charge >= 0.3 is 5.97 Å². The minimum absolute atomic E-state index is 0.0418. The molecule has 5 heteroatoms. The Morgan fingerprint density at radius 3 is 2.63 bits per heavy atom. The van der Waals surface area contributed by atoms with Gasteiger partial charge in [-0.05, 0) is 24.6 Å². The van der Waals surface area contributed by atoms with E-state index in [1.165, 1.54) is 4.90 Å². The molecule has 102 valence electrons. The van der Waals surface area contributed by atoms with Crippen molar-refractivity contribution in [1.29, 1.82) is 0 Å². The zero-order valence-corrected chi connectivity index (χ0v) is 11.1. The van der Waals surface area contributed by atoms with Crippen molar-refractivity contribution in [2.75, 3.05) is 19.4 Å². The van der Waals surface area contributed by atoms with Crippen molar-refractivity contribution in [1.82, 2.24) is 4.90 Å². The molecular weight excluding hydrogens is 244 g/mol. The highest BCUT2D eigenvalue weighted by Crippen LogP contribution is 2.34. The molecule has 1 heterocycles. The SMILES string of the molecule is CCOC(=O)[C@H]1C(c2ccc(N)cc2)CC(=O)N1C. The van der Waals surface area contributed by atoms with Crippen molar-refractivity contribution >= 4 is 17.6 Å². The number of carbonyl (C=O) groups excluding carboxylic acids is 2. The molecule has 0 aromatic heterocycles. The normalized spacial score (nSPS) is 22.6. The van der Waals surface area contributed by atoms with Gasteiger partial charge in [0.1, 0.15) is 6.04 Å². The Hall–Kier alpha value is -2.04. The lowest BCUT2D eigenvalue weighted by Crippen LogP contribution is -2.39. The molecular formula is C14H18N2O3. The molecule has 2 rings (SSSR count). The van der Waals surface area contributed by atoms with E-state index in [9.17, 15) is 9.59 Å². The molecule has 0 aliphatic carbocycles. The molecule has 0 spiro atoms. The van der Waals surface area contributed by atoms with E-state index >= 15 is 0 Å². The summed E-state index contributed by atoms with van der Waals surface area (Å²) in [4.78, 5) is 25.3. The first-order valence-electron chi connectivity index (χ1n) is 6.32. The maximum Gasteiger partial charge on any atom is 0.329 e. The number of anilines is 1. The fourth-order valence-electron chi connectivity index (χ4n) is 2.46. The highest BCUT2D eigenvalue weighted by Gasteiger charge is 2.43. The summed E-state index contributed by atoms with van der Waals surface area (Å²) in [6.45, 7) is 2.07. The summed E-state index contributed by atoms with van der Waals surface area (Å²) >= 11 is 0. The van der Waals surface area contributed by atoms with Crippen LogP contribution in [0, 0.1) is 0 Å². The number of benzene rings is 1. The fourth-order valence-corrected chi connectivity index (χ4v) is 2.46. The lowest BCUT2D eigenvalue weighted by molar-refractivity contribution is -0.150. The van der Waals surface area contributed by atoms with Gasteiger partial charge in [-0.3, -0.25) is 4.79 Å². The van der Waals surface area contributed by atoms with Crippen LogP contribution >= 0.6 is 0 Å². The van der Waals surface area contributed by atoms with Crippen LogP contribution in [0.5, 0.6) is 0 Å². The smallest absolute Gasteiger partial charge is 0.329 e. The third-order valence-corrected chi connectivity index (χ3v) is 3.48. The first-order valence-corrected chi connectivity index (χ1v) is 6.32. The summed E-state index contributed by atoms with van der Waals surface area (Å²) in [5.74, 6) is -0.560. The van der Waals surface area contributed by atoms with Crippen molar-refractivity contribution in [3.63, 3.8) is 0 Å². The van der Waals surface area contributed by atoms with Crippen molar-refractivity contribution in [2.24, 2.45) is 0 Å². The molecule has 5 nitrogen and oxygen atoms in total. The van der Waals surface area contributed by atoms with Crippen LogP contribution in [0.1, 0.15) is 24.8 Å². The Labute approximate surface area is 112 Å². The minimum atomic E-state index is -0.545. The molecule has 0 radical (unpaired) electrons. The quantitative estimate of drug-likeness (QED) is 0.655. The number of amides is 1. The van der Waals surface area contributed by atoms with Gasteiger partial charge in [-0.1, -0.05) is 12.1 Å². The summed E-state index contributed by atoms with van der Waals surface area (Å²) in [7, 11) is 1.64. The molecule has 19 heavy (non-hydrogen) atoms. The third kappa shape index (κ3) is 2.54. The van der Waals surface area contributed by atoms with E-state index in [0.717, 1.165) is 5.56 Å². The van der Waals surface area contributed by atoms with Crippen molar-refractivity contribution in [3.05, 3.63) is 29.8 Å². The lowest BCUT2D eigenvalue weighted by Gasteiger charge is -2.23. The third-order valence-electron chi connectivity index (χ3n) is 3.48. The Bertz CT molecular complexity index is 484. The van der Waals surface area contributed by atoms with Crippen LogP contribution in [0.3, 0.4) is 0 Å². The van der Waals surface area contributed by atoms with Gasteiger partial charge in [-0.25, -0.2) is 4.79 Å². The molecule has 1 aromatic carbocycles. The van der Waals surface area contributed by atoms with Gasteiger partial charge in [-0.2, -0.15) is 0 Å². The van der Waals surface area contributed by atoms with Crippen LogP contribution in [0.4, 0.5) is 5.69 Å². The van der Waals surface area contributed by atoms with Crippen molar-refractivity contribution < 1.29 is 14.3 Å². The van der Waals surface area contributed by atoms with E-state index in [4.69, 9.17) is 10.5 Å². The fraction of sp³-hybridized carbons (Fsp3) is 0.429. The first-order chi connectivity index (χ1) is 9.04. The van der Waals surface area contributed by atoms with Gasteiger partial charge < -0.3 is 15.4 Å². The predicted octanol–water partition coefficient (Wildman–Crippen LogP) is 1.15. The van der Waals surface area contributed by atoms with E-state index < -0.39 is 6.04 Å². The predicted molar refractivity (Wildman–Crippen MR) is 71.4 cm³/mol. The number of esters is 1. The van der Waals surface area contributed by atoms with E-state index in [1.54, 1.807) is 26.1 Å². The molecule has 1 aliphatic heterocycles. The highest BCUT2D eigenvalue weighted by molar-refractivity contribution is 5.90. The summed E-state index contributed by atoms with van der Waals surface area (Å²) in [6, 6.07) is 6.73. The minimum Gasteiger partial charge on any atom is -0.464 e. The number of hydrogen-bond acceptors (Lipinski definition) is 4. The molecule has 1 unspecified atom stereocenters. The molecule has 1 fully saturated rings. The van der Waals surface area contributed by atoms with Crippen molar-refractivity contribution in [3.8, 4) is 0 Å². The number of likely N-dealkylation sites (tertiary alicyclic amines) is 1. The van der Waals surface area contributed by atoms with Gasteiger partial charge in [0.15, 0.2) is 0 Å². The molecule has 0 bridgehead atoms. The standard InChI is InChI=1S/C14H18N2O3/c1-3-19-14(18)13-11(8-12(17)16(13)2)9-4-6-10(15)7-5-9/h4-7,11,13H,3,8,15H2,1-2H3/t11?,13-/m1/s1. The first kappa shape index (κ1) is 13.4. The second-order valence-electron chi connectivity index (χ2n) is 4.68. The molecule has 1 aliphatic rings. The van der Waals surface area contributed by atoms with E-state index in [0.29, 0.717) is 18.7 Å². The number of hydrogen-bond donors (Lipinski definition) is 1. The van der Waals surface area contributed by atoms with Gasteiger partial charge in [0.05, 0.1) is 6.61 Å². The van der Waals surface area contributed by atoms with E-state index in [-0.39, 0.29) is 17.8 Å². The summed E-state index contributed by atoms with van der Waals surface area (Å²) < 4.78 is 5.06. The van der Waals surface area contributed by atoms with Crippen LogP contribution in [0.2, 0.25) is 0 Å². The summed E-state index contributed by atoms with van der Waals surface area (Å²) in [6.07, 6.45) is 0.323. The number of nitrogens with zero attached hydrogens (tertiary/aromatic N) is 1.